The van der Waals surface area contributed by atoms with Crippen LogP contribution in [0.4, 0.5) is 0 Å². The van der Waals surface area contributed by atoms with E-state index in [9.17, 15) is 88.7 Å². The summed E-state index contributed by atoms with van der Waals surface area (Å²) in [6.07, 6.45) is -11.1. The summed E-state index contributed by atoms with van der Waals surface area (Å²) in [5.74, 6) is -9.22. The predicted octanol–water partition coefficient (Wildman–Crippen LogP) is -7.20. The maximum atomic E-state index is 14.4. The molecule has 1 aromatic carbocycles. The molecule has 0 spiro atoms. The minimum atomic E-state index is -5.32. The first-order chi connectivity index (χ1) is 37.0. The van der Waals surface area contributed by atoms with Crippen LogP contribution >= 0.6 is 7.82 Å². The summed E-state index contributed by atoms with van der Waals surface area (Å²) in [6, 6.07) is -8.54. The molecule has 30 heteroatoms. The molecule has 0 radical (unpaired) electrons. The number of benzene rings is 1. The Morgan fingerprint density at radius 3 is 1.96 bits per heavy atom. The number of hydrogen-bond acceptors (Lipinski definition) is 19. The maximum absolute atomic E-state index is 14.4. The van der Waals surface area contributed by atoms with Gasteiger partial charge in [-0.3, -0.25) is 42.9 Å². The minimum Gasteiger partial charge on any atom is -0.746 e. The predicted molar refractivity (Wildman–Crippen MR) is 274 cm³/mol. The Bertz CT molecular complexity index is 2300. The second kappa shape index (κ2) is 32.5. The van der Waals surface area contributed by atoms with Crippen molar-refractivity contribution in [2.24, 2.45) is 17.6 Å². The van der Waals surface area contributed by atoms with Gasteiger partial charge in [-0.25, -0.2) is 0 Å². The van der Waals surface area contributed by atoms with E-state index in [1.165, 1.54) is 6.42 Å². The van der Waals surface area contributed by atoms with Gasteiger partial charge in [0, 0.05) is 32.4 Å². The summed E-state index contributed by atoms with van der Waals surface area (Å²) in [5.41, 5.74) is 5.02. The zero-order valence-corrected chi connectivity index (χ0v) is 48.7. The number of primary amides is 1. The third kappa shape index (κ3) is 20.8. The number of unbranched alkanes of at least 4 members (excludes halogenated alkanes) is 5. The zero-order chi connectivity index (χ0) is 59.1. The molecule has 3 heterocycles. The Hall–Kier alpha value is -4.39. The first-order valence-corrected chi connectivity index (χ1v) is 28.2. The Labute approximate surface area is 485 Å². The summed E-state index contributed by atoms with van der Waals surface area (Å²) in [5, 5.41) is 101. The number of nitrogens with one attached hydrogen (secondary N) is 5. The monoisotopic (exact) mass is 1170 g/mol. The third-order valence-corrected chi connectivity index (χ3v) is 15.0. The largest absolute Gasteiger partial charge is 1.00 e. The van der Waals surface area contributed by atoms with Gasteiger partial charge in [0.1, 0.15) is 60.3 Å². The molecular formula is C50H80N8NaO20P. The van der Waals surface area contributed by atoms with Gasteiger partial charge in [0.25, 0.3) is 0 Å². The Balaban J connectivity index is 0.0000168. The summed E-state index contributed by atoms with van der Waals surface area (Å²) >= 11 is 0. The van der Waals surface area contributed by atoms with E-state index in [-0.39, 0.29) is 48.0 Å². The quantitative estimate of drug-likeness (QED) is 0.0291. The van der Waals surface area contributed by atoms with E-state index in [0.717, 1.165) is 69.7 Å². The van der Waals surface area contributed by atoms with Crippen LogP contribution in [0.1, 0.15) is 129 Å². The van der Waals surface area contributed by atoms with Crippen molar-refractivity contribution in [1.29, 1.82) is 0 Å². The Morgan fingerprint density at radius 1 is 0.775 bits per heavy atom. The van der Waals surface area contributed by atoms with E-state index in [1.54, 1.807) is 0 Å². The van der Waals surface area contributed by atoms with Crippen LogP contribution in [-0.2, 0) is 42.9 Å². The fourth-order valence-corrected chi connectivity index (χ4v) is 10.4. The molecule has 3 aliphatic heterocycles. The van der Waals surface area contributed by atoms with Gasteiger partial charge in [0.2, 0.25) is 47.3 Å². The fourth-order valence-electron chi connectivity index (χ4n) is 9.98. The van der Waals surface area contributed by atoms with E-state index in [2.05, 4.69) is 46.6 Å². The van der Waals surface area contributed by atoms with E-state index in [0.29, 0.717) is 34.5 Å². The molecule has 0 aromatic heterocycles. The molecular weight excluding hydrogens is 1090 g/mol. The molecule has 3 aliphatic rings. The van der Waals surface area contributed by atoms with Gasteiger partial charge in [-0.05, 0) is 55.7 Å². The van der Waals surface area contributed by atoms with Crippen molar-refractivity contribution in [2.75, 3.05) is 13.1 Å². The number of hydrogen-bond donors (Lipinski definition) is 15. The summed E-state index contributed by atoms with van der Waals surface area (Å²) in [7, 11) is -5.32. The first-order valence-electron chi connectivity index (χ1n) is 26.7. The molecule has 446 valence electrons. The van der Waals surface area contributed by atoms with Crippen LogP contribution in [-0.4, -0.2) is 195 Å². The average molecular weight is 1170 g/mol. The number of rotatable bonds is 22. The van der Waals surface area contributed by atoms with Gasteiger partial charge in [-0.15, -0.1) is 0 Å². The van der Waals surface area contributed by atoms with Crippen molar-refractivity contribution >= 4 is 55.1 Å². The smallest absolute Gasteiger partial charge is 0.746 e. The van der Waals surface area contributed by atoms with Gasteiger partial charge in [-0.1, -0.05) is 77.8 Å². The van der Waals surface area contributed by atoms with E-state index in [4.69, 9.17) is 10.6 Å². The molecule has 3 saturated heterocycles. The number of nitrogens with two attached hydrogens (primary N) is 1. The van der Waals surface area contributed by atoms with Crippen LogP contribution in [0.2, 0.25) is 0 Å². The third-order valence-electron chi connectivity index (χ3n) is 14.5. The normalized spacial score (nSPS) is 28.6. The first kappa shape index (κ1) is 69.9. The number of amides is 8. The van der Waals surface area contributed by atoms with E-state index < -0.39 is 178 Å². The SMILES string of the molecule is CCC(C)CC(C)CCCCCCCCC(=O)NC1C[C@@H](O)[C@@H](O)NC(=O)[C@@H]2[C@@H](O)CCN2C(=O)[C@H]([C@@H](O)CC(N)=O)NC(=O)[C@H]([C@H](O)[C@@H](O)c2ccc(OP(=O)([O-])O)cc2)NC(=O)[C@@H]2C[C@@H](O)CN2C(=O)[C@H]([C@H](C)O)NC1=O.[Na+]. The molecule has 4 unspecified atom stereocenters. The van der Waals surface area contributed by atoms with Crippen molar-refractivity contribution in [3.05, 3.63) is 29.8 Å². The van der Waals surface area contributed by atoms with Crippen molar-refractivity contribution in [3.63, 3.8) is 0 Å². The number of aliphatic hydroxyl groups is 8. The van der Waals surface area contributed by atoms with Gasteiger partial charge in [-0.2, -0.15) is 0 Å². The maximum Gasteiger partial charge on any atom is 1.00 e. The zero-order valence-electron chi connectivity index (χ0n) is 45.8. The standard InChI is InChI=1S/C50H81N8O20P.Na/c1-5-25(2)20-26(3)12-10-8-6-7-9-11-13-37(65)52-31-22-35(63)46(70)56-48(72)41-33(61)18-19-57(41)50(74)39(34(62)23-36(51)64)54-47(71)40(43(67)42(66)28-14-16-30(17-15-28)78-79(75,76)77)55-45(69)32-21-29(60)24-58(32)49(73)38(27(4)59)53-44(31)68;/h14-17,25-27,29,31-35,38-43,46,59-63,66-67,70H,5-13,18-24H2,1-4H3,(H2,51,64)(H,52,65)(H,53,68)(H,54,71)(H,55,69)(H,56,72)(H2,75,76,77);/q;+1/p-1/t25?,26?,27-,29+,31?,32-,33-,34-,35+,38-,39-,40-,41-,42-,43-,46+;/m0./s1. The van der Waals surface area contributed by atoms with Crippen LogP contribution in [0, 0.1) is 11.8 Å². The topological polar surface area (TPSA) is 461 Å². The number of aliphatic hydroxyl groups excluding tert-OH is 8. The Kier molecular flexibility index (Phi) is 28.3. The summed E-state index contributed by atoms with van der Waals surface area (Å²) in [4.78, 5) is 133. The van der Waals surface area contributed by atoms with Crippen LogP contribution in [0.5, 0.6) is 5.75 Å². The number of nitrogens with zero attached hydrogens (tertiary/aromatic N) is 2. The van der Waals surface area contributed by atoms with Crippen molar-refractivity contribution in [2.45, 2.75) is 203 Å². The van der Waals surface area contributed by atoms with Crippen molar-refractivity contribution < 1.29 is 128 Å². The molecule has 16 N–H and O–H groups in total. The van der Waals surface area contributed by atoms with E-state index in [1.807, 2.05) is 5.32 Å². The number of carbonyl (C=O) groups excluding carboxylic acids is 8. The van der Waals surface area contributed by atoms with Crippen LogP contribution in [0.25, 0.3) is 0 Å². The van der Waals surface area contributed by atoms with Gasteiger partial charge < -0.3 is 97.3 Å². The number of phosphoric acid groups is 1. The molecule has 4 rings (SSSR count). The number of fused-ring (bicyclic) bond motifs is 2. The summed E-state index contributed by atoms with van der Waals surface area (Å²) < 4.78 is 15.7. The van der Waals surface area contributed by atoms with E-state index >= 15 is 0 Å². The second-order valence-electron chi connectivity index (χ2n) is 21.1. The van der Waals surface area contributed by atoms with Crippen LogP contribution in [0.15, 0.2) is 24.3 Å². The number of phosphoric ester groups is 1. The van der Waals surface area contributed by atoms with Crippen molar-refractivity contribution in [3.8, 4) is 5.75 Å². The summed E-state index contributed by atoms with van der Waals surface area (Å²) in [6.45, 7) is 6.61. The molecule has 28 nitrogen and oxygen atoms in total. The van der Waals surface area contributed by atoms with Gasteiger partial charge >= 0.3 is 37.4 Å². The number of carbonyl (C=O) groups is 8. The van der Waals surface area contributed by atoms with Crippen molar-refractivity contribution in [1.82, 2.24) is 36.4 Å². The second-order valence-corrected chi connectivity index (χ2v) is 22.2. The average Bonchev–Trinajstić information content (AvgIpc) is 3.98. The molecule has 0 bridgehead atoms. The molecule has 0 aliphatic carbocycles. The molecule has 8 amide bonds. The van der Waals surface area contributed by atoms with Crippen LogP contribution in [0.3, 0.4) is 0 Å². The molecule has 1 aromatic rings. The van der Waals surface area contributed by atoms with Gasteiger partial charge in [0.15, 0.2) is 6.23 Å². The molecule has 17 atom stereocenters. The fraction of sp³-hybridized carbons (Fsp3) is 0.720. The minimum absolute atomic E-state index is 0. The molecule has 3 fully saturated rings. The molecule has 0 saturated carbocycles. The van der Waals surface area contributed by atoms with Gasteiger partial charge in [0.05, 0.1) is 30.8 Å². The van der Waals surface area contributed by atoms with Crippen LogP contribution < -0.4 is 71.3 Å². The Morgan fingerprint density at radius 2 is 1.36 bits per heavy atom. The molecule has 80 heavy (non-hydrogen) atoms.